The third-order valence-electron chi connectivity index (χ3n) is 3.46. The molecule has 1 saturated heterocycles. The molecule has 2 aromatic rings. The molecule has 0 unspecified atom stereocenters. The van der Waals surface area contributed by atoms with Crippen molar-refractivity contribution >= 4 is 5.91 Å². The SMILES string of the molecule is COc1cccc(-c2noc(C(=O)NC[C@@H]3CCCO3)n2)c1. The van der Waals surface area contributed by atoms with Crippen molar-refractivity contribution in [3.8, 4) is 17.1 Å². The van der Waals surface area contributed by atoms with Gasteiger partial charge in [-0.15, -0.1) is 0 Å². The number of aromatic nitrogens is 2. The second-order valence-corrected chi connectivity index (χ2v) is 5.00. The van der Waals surface area contributed by atoms with Crippen molar-refractivity contribution in [2.45, 2.75) is 18.9 Å². The third kappa shape index (κ3) is 3.25. The molecule has 1 aliphatic rings. The first-order valence-electron chi connectivity index (χ1n) is 7.14. The van der Waals surface area contributed by atoms with Crippen molar-refractivity contribution in [2.75, 3.05) is 20.3 Å². The summed E-state index contributed by atoms with van der Waals surface area (Å²) in [4.78, 5) is 16.1. The van der Waals surface area contributed by atoms with E-state index in [2.05, 4.69) is 15.5 Å². The molecule has 0 radical (unpaired) electrons. The van der Waals surface area contributed by atoms with E-state index in [4.69, 9.17) is 14.0 Å². The summed E-state index contributed by atoms with van der Waals surface area (Å²) in [5.74, 6) is 0.584. The van der Waals surface area contributed by atoms with Crippen molar-refractivity contribution in [1.29, 1.82) is 0 Å². The molecule has 1 N–H and O–H groups in total. The maximum absolute atomic E-state index is 12.0. The lowest BCUT2D eigenvalue weighted by Gasteiger charge is -2.08. The standard InChI is InChI=1S/C15H17N3O4/c1-20-11-5-2-4-10(8-11)13-17-15(22-18-13)14(19)16-9-12-6-3-7-21-12/h2,4-5,8,12H,3,6-7,9H2,1H3,(H,16,19)/t12-/m0/s1. The number of nitrogens with zero attached hydrogens (tertiary/aromatic N) is 2. The van der Waals surface area contributed by atoms with Gasteiger partial charge in [-0.25, -0.2) is 0 Å². The Morgan fingerprint density at radius 3 is 3.18 bits per heavy atom. The highest BCUT2D eigenvalue weighted by Crippen LogP contribution is 2.21. The Kier molecular flexibility index (Phi) is 4.34. The molecule has 1 atom stereocenters. The Balaban J connectivity index is 1.65. The lowest BCUT2D eigenvalue weighted by Crippen LogP contribution is -2.31. The summed E-state index contributed by atoms with van der Waals surface area (Å²) in [6.45, 7) is 1.21. The van der Waals surface area contributed by atoms with Gasteiger partial charge in [-0.05, 0) is 25.0 Å². The largest absolute Gasteiger partial charge is 0.497 e. The molecule has 116 valence electrons. The monoisotopic (exact) mass is 303 g/mol. The van der Waals surface area contributed by atoms with E-state index in [0.717, 1.165) is 25.0 Å². The van der Waals surface area contributed by atoms with Gasteiger partial charge in [0.1, 0.15) is 5.75 Å². The van der Waals surface area contributed by atoms with Crippen LogP contribution in [0.2, 0.25) is 0 Å². The summed E-state index contributed by atoms with van der Waals surface area (Å²) in [6.07, 6.45) is 2.06. The number of nitrogens with one attached hydrogen (secondary N) is 1. The lowest BCUT2D eigenvalue weighted by atomic mass is 10.2. The molecule has 1 amide bonds. The molecule has 1 aromatic heterocycles. The van der Waals surface area contributed by atoms with Crippen molar-refractivity contribution < 1.29 is 18.8 Å². The molecule has 0 spiro atoms. The Hall–Kier alpha value is -2.41. The van der Waals surface area contributed by atoms with Crippen LogP contribution in [0.15, 0.2) is 28.8 Å². The van der Waals surface area contributed by atoms with Gasteiger partial charge in [0.05, 0.1) is 13.2 Å². The normalized spacial score (nSPS) is 17.4. The highest BCUT2D eigenvalue weighted by Gasteiger charge is 2.20. The number of ether oxygens (including phenoxy) is 2. The van der Waals surface area contributed by atoms with Crippen molar-refractivity contribution in [2.24, 2.45) is 0 Å². The van der Waals surface area contributed by atoms with Crippen LogP contribution >= 0.6 is 0 Å². The molecule has 0 aliphatic carbocycles. The molecule has 1 aromatic carbocycles. The Morgan fingerprint density at radius 2 is 2.41 bits per heavy atom. The van der Waals surface area contributed by atoms with E-state index in [0.29, 0.717) is 18.1 Å². The van der Waals surface area contributed by atoms with E-state index in [1.165, 1.54) is 0 Å². The highest BCUT2D eigenvalue weighted by molar-refractivity contribution is 5.89. The van der Waals surface area contributed by atoms with Gasteiger partial charge >= 0.3 is 11.8 Å². The van der Waals surface area contributed by atoms with Gasteiger partial charge in [-0.1, -0.05) is 17.3 Å². The molecule has 7 nitrogen and oxygen atoms in total. The van der Waals surface area contributed by atoms with Gasteiger partial charge in [0.2, 0.25) is 5.82 Å². The van der Waals surface area contributed by atoms with Crippen LogP contribution in [0.3, 0.4) is 0 Å². The van der Waals surface area contributed by atoms with Crippen molar-refractivity contribution in [1.82, 2.24) is 15.5 Å². The minimum atomic E-state index is -0.392. The quantitative estimate of drug-likeness (QED) is 0.904. The first-order chi connectivity index (χ1) is 10.8. The molecule has 7 heteroatoms. The zero-order valence-electron chi connectivity index (χ0n) is 12.2. The number of carbonyl (C=O) groups is 1. The lowest BCUT2D eigenvalue weighted by molar-refractivity contribution is 0.0822. The smallest absolute Gasteiger partial charge is 0.316 e. The number of carbonyl (C=O) groups excluding carboxylic acids is 1. The van der Waals surface area contributed by atoms with Crippen LogP contribution < -0.4 is 10.1 Å². The molecule has 1 fully saturated rings. The highest BCUT2D eigenvalue weighted by atomic mass is 16.5. The number of hydrogen-bond acceptors (Lipinski definition) is 6. The fourth-order valence-electron chi connectivity index (χ4n) is 2.28. The molecular weight excluding hydrogens is 286 g/mol. The number of amides is 1. The fourth-order valence-corrected chi connectivity index (χ4v) is 2.28. The minimum Gasteiger partial charge on any atom is -0.497 e. The van der Waals surface area contributed by atoms with E-state index in [9.17, 15) is 4.79 Å². The fraction of sp³-hybridized carbons (Fsp3) is 0.400. The number of methoxy groups -OCH3 is 1. The van der Waals surface area contributed by atoms with E-state index < -0.39 is 5.91 Å². The Bertz CT molecular complexity index is 650. The summed E-state index contributed by atoms with van der Waals surface area (Å²) < 4.78 is 15.6. The van der Waals surface area contributed by atoms with Crippen LogP contribution in [0.25, 0.3) is 11.4 Å². The molecular formula is C15H17N3O4. The van der Waals surface area contributed by atoms with Crippen LogP contribution in [-0.2, 0) is 4.74 Å². The minimum absolute atomic E-state index is 0.0594. The zero-order chi connectivity index (χ0) is 15.4. The summed E-state index contributed by atoms with van der Waals surface area (Å²) >= 11 is 0. The van der Waals surface area contributed by atoms with Crippen LogP contribution in [0.4, 0.5) is 0 Å². The summed E-state index contributed by atoms with van der Waals surface area (Å²) in [5.41, 5.74) is 0.723. The van der Waals surface area contributed by atoms with Crippen LogP contribution in [0.5, 0.6) is 5.75 Å². The Morgan fingerprint density at radius 1 is 1.50 bits per heavy atom. The van der Waals surface area contributed by atoms with Crippen LogP contribution in [0, 0.1) is 0 Å². The van der Waals surface area contributed by atoms with E-state index in [-0.39, 0.29) is 12.0 Å². The zero-order valence-corrected chi connectivity index (χ0v) is 12.2. The molecule has 0 saturated carbocycles. The maximum Gasteiger partial charge on any atom is 0.316 e. The number of hydrogen-bond donors (Lipinski definition) is 1. The molecule has 0 bridgehead atoms. The summed E-state index contributed by atoms with van der Waals surface area (Å²) in [5, 5.41) is 6.57. The molecule has 1 aliphatic heterocycles. The van der Waals surface area contributed by atoms with Gasteiger partial charge in [0.15, 0.2) is 0 Å². The van der Waals surface area contributed by atoms with Gasteiger partial charge < -0.3 is 19.3 Å². The van der Waals surface area contributed by atoms with Crippen molar-refractivity contribution in [3.05, 3.63) is 30.2 Å². The predicted molar refractivity (Wildman–Crippen MR) is 77.6 cm³/mol. The van der Waals surface area contributed by atoms with Gasteiger partial charge in [0.25, 0.3) is 0 Å². The predicted octanol–water partition coefficient (Wildman–Crippen LogP) is 1.65. The van der Waals surface area contributed by atoms with Gasteiger partial charge in [-0.3, -0.25) is 4.79 Å². The topological polar surface area (TPSA) is 86.5 Å². The third-order valence-corrected chi connectivity index (χ3v) is 3.46. The van der Waals surface area contributed by atoms with Gasteiger partial charge in [-0.2, -0.15) is 4.98 Å². The molecule has 22 heavy (non-hydrogen) atoms. The van der Waals surface area contributed by atoms with Crippen molar-refractivity contribution in [3.63, 3.8) is 0 Å². The first kappa shape index (κ1) is 14.5. The molecule has 2 heterocycles. The number of benzene rings is 1. The van der Waals surface area contributed by atoms with E-state index in [1.54, 1.807) is 13.2 Å². The van der Waals surface area contributed by atoms with E-state index >= 15 is 0 Å². The van der Waals surface area contributed by atoms with Crippen LogP contribution in [-0.4, -0.2) is 42.4 Å². The second kappa shape index (κ2) is 6.57. The maximum atomic E-state index is 12.0. The van der Waals surface area contributed by atoms with Gasteiger partial charge in [0, 0.05) is 18.7 Å². The van der Waals surface area contributed by atoms with E-state index in [1.807, 2.05) is 18.2 Å². The summed E-state index contributed by atoms with van der Waals surface area (Å²) in [6, 6.07) is 7.24. The molecule has 3 rings (SSSR count). The average Bonchev–Trinajstić information content (AvgIpc) is 3.24. The average molecular weight is 303 g/mol. The first-order valence-corrected chi connectivity index (χ1v) is 7.14. The Labute approximate surface area is 127 Å². The number of rotatable bonds is 5. The van der Waals surface area contributed by atoms with Crippen LogP contribution in [0.1, 0.15) is 23.5 Å². The summed E-state index contributed by atoms with van der Waals surface area (Å²) in [7, 11) is 1.58. The second-order valence-electron chi connectivity index (χ2n) is 5.00.